The van der Waals surface area contributed by atoms with E-state index in [0.717, 1.165) is 18.5 Å². The van der Waals surface area contributed by atoms with Crippen LogP contribution in [0.15, 0.2) is 55.1 Å². The van der Waals surface area contributed by atoms with Gasteiger partial charge in [-0.15, -0.1) is 10.2 Å². The largest absolute Gasteiger partial charge is 0.489 e. The summed E-state index contributed by atoms with van der Waals surface area (Å²) in [6.07, 6.45) is 8.59. The fraction of sp³-hybridized carbons (Fsp3) is 0.400. The van der Waals surface area contributed by atoms with Crippen molar-refractivity contribution in [3.8, 4) is 5.75 Å². The predicted molar refractivity (Wildman–Crippen MR) is 164 cm³/mol. The molecule has 0 aliphatic heterocycles. The van der Waals surface area contributed by atoms with E-state index in [1.54, 1.807) is 42.2 Å². The number of rotatable bonds is 14. The van der Waals surface area contributed by atoms with Crippen molar-refractivity contribution < 1.29 is 27.5 Å². The Bertz CT molecular complexity index is 1660. The van der Waals surface area contributed by atoms with Gasteiger partial charge >= 0.3 is 0 Å². The number of amides is 2. The Morgan fingerprint density at radius 2 is 1.93 bits per heavy atom. The summed E-state index contributed by atoms with van der Waals surface area (Å²) in [6, 6.07) is 7.64. The van der Waals surface area contributed by atoms with Gasteiger partial charge in [0.1, 0.15) is 17.5 Å². The molecule has 46 heavy (non-hydrogen) atoms. The van der Waals surface area contributed by atoms with E-state index in [0.29, 0.717) is 48.6 Å². The molecule has 0 radical (unpaired) electrons. The van der Waals surface area contributed by atoms with Crippen molar-refractivity contribution in [1.29, 1.82) is 0 Å². The highest BCUT2D eigenvalue weighted by Gasteiger charge is 2.42. The first-order valence-corrected chi connectivity index (χ1v) is 15.2. The van der Waals surface area contributed by atoms with Crippen LogP contribution in [0.2, 0.25) is 0 Å². The maximum Gasteiger partial charge on any atom is 0.283 e. The monoisotopic (exact) mass is 655 g/mol. The summed E-state index contributed by atoms with van der Waals surface area (Å²) in [7, 11) is 1.47. The Labute approximate surface area is 265 Å². The summed E-state index contributed by atoms with van der Waals surface area (Å²) >= 11 is 0. The highest BCUT2D eigenvalue weighted by Crippen LogP contribution is 2.38. The van der Waals surface area contributed by atoms with Crippen LogP contribution >= 0.6 is 9.24 Å². The molecule has 2 amide bonds. The number of aromatic nitrogens is 7. The van der Waals surface area contributed by atoms with E-state index in [2.05, 4.69) is 41.1 Å². The van der Waals surface area contributed by atoms with E-state index < -0.39 is 17.2 Å². The fourth-order valence-electron chi connectivity index (χ4n) is 4.86. The van der Waals surface area contributed by atoms with Crippen LogP contribution in [0.3, 0.4) is 0 Å². The van der Waals surface area contributed by atoms with Crippen LogP contribution in [0.25, 0.3) is 0 Å². The molecule has 0 saturated heterocycles. The summed E-state index contributed by atoms with van der Waals surface area (Å²) in [4.78, 5) is 33.1. The first-order valence-electron chi connectivity index (χ1n) is 14.6. The molecule has 4 aromatic heterocycles. The van der Waals surface area contributed by atoms with E-state index >= 15 is 0 Å². The lowest BCUT2D eigenvalue weighted by Gasteiger charge is -2.38. The lowest BCUT2D eigenvalue weighted by molar-refractivity contribution is -0.115. The quantitative estimate of drug-likeness (QED) is 0.151. The van der Waals surface area contributed by atoms with Crippen molar-refractivity contribution in [3.05, 3.63) is 83.3 Å². The molecule has 1 aliphatic rings. The second-order valence-electron chi connectivity index (χ2n) is 11.4. The van der Waals surface area contributed by atoms with Gasteiger partial charge in [0.25, 0.3) is 11.6 Å². The molecule has 4 heterocycles. The highest BCUT2D eigenvalue weighted by molar-refractivity contribution is 7.17. The minimum atomic E-state index is -3.08. The number of aryl methyl sites for hydroxylation is 2. The number of carbonyl (C=O) groups excluding carboxylic acids is 2. The molecule has 0 spiro atoms. The van der Waals surface area contributed by atoms with E-state index in [9.17, 15) is 22.8 Å². The topological polar surface area (TPSA) is 150 Å². The SMILES string of the molecule is CC1(F)CC(Oc2cncc(CC(=O)Nc3ccc(CCCCn4cc(C(=O)NCc5cc(C(F)(F)P)ccn5)nn4)nn3)c2)C1. The number of halogens is 3. The smallest absolute Gasteiger partial charge is 0.283 e. The van der Waals surface area contributed by atoms with Crippen LogP contribution in [0.1, 0.15) is 65.6 Å². The third-order valence-electron chi connectivity index (χ3n) is 7.20. The van der Waals surface area contributed by atoms with Crippen LogP contribution in [0.4, 0.5) is 19.0 Å². The average Bonchev–Trinajstić information content (AvgIpc) is 3.47. The van der Waals surface area contributed by atoms with Gasteiger partial charge in [0.15, 0.2) is 11.5 Å². The molecule has 2 N–H and O–H groups in total. The molecular formula is C30H33F3N9O3P. The molecule has 0 bridgehead atoms. The summed E-state index contributed by atoms with van der Waals surface area (Å²) < 4.78 is 48.0. The lowest BCUT2D eigenvalue weighted by atomic mass is 9.81. The zero-order valence-corrected chi connectivity index (χ0v) is 26.2. The molecular weight excluding hydrogens is 622 g/mol. The Balaban J connectivity index is 0.998. The van der Waals surface area contributed by atoms with E-state index in [-0.39, 0.29) is 36.2 Å². The first-order chi connectivity index (χ1) is 21.9. The molecule has 1 fully saturated rings. The minimum Gasteiger partial charge on any atom is -0.489 e. The van der Waals surface area contributed by atoms with Gasteiger partial charge in [-0.1, -0.05) is 14.5 Å². The van der Waals surface area contributed by atoms with Crippen molar-refractivity contribution in [3.63, 3.8) is 0 Å². The maximum absolute atomic E-state index is 13.7. The molecule has 1 atom stereocenters. The number of carbonyl (C=O) groups is 2. The van der Waals surface area contributed by atoms with Gasteiger partial charge < -0.3 is 15.4 Å². The second kappa shape index (κ2) is 14.3. The van der Waals surface area contributed by atoms with Crippen LogP contribution < -0.4 is 15.4 Å². The third-order valence-corrected chi connectivity index (χ3v) is 7.54. The average molecular weight is 656 g/mol. The standard InChI is InChI=1S/C30H33F3N9O3P/c1-29(31)13-24(14-29)45-23-10-19(15-34-17-23)11-27(43)37-26-6-5-21(38-40-26)4-2-3-9-42-18-25(39-41-42)28(44)36-16-22-12-20(7-8-35-22)30(32,33)46/h5-8,10,12,15,17-18,24H,2-4,9,11,13-14,16,46H2,1H3,(H,36,44)(H,37,40,43). The van der Waals surface area contributed by atoms with Crippen molar-refractivity contribution in [1.82, 2.24) is 40.5 Å². The van der Waals surface area contributed by atoms with Gasteiger partial charge in [-0.25, -0.2) is 4.39 Å². The normalized spacial score (nSPS) is 17.6. The van der Waals surface area contributed by atoms with Gasteiger partial charge in [0.2, 0.25) is 5.91 Å². The van der Waals surface area contributed by atoms with Gasteiger partial charge in [0.05, 0.1) is 36.7 Å². The number of unbranched alkanes of at least 4 members (excludes halogenated alkanes) is 1. The van der Waals surface area contributed by atoms with Crippen LogP contribution in [0.5, 0.6) is 5.75 Å². The number of alkyl halides is 3. The maximum atomic E-state index is 13.7. The van der Waals surface area contributed by atoms with Crippen molar-refractivity contribution >= 4 is 26.9 Å². The zero-order valence-electron chi connectivity index (χ0n) is 25.0. The third kappa shape index (κ3) is 9.49. The van der Waals surface area contributed by atoms with E-state index in [1.807, 2.05) is 0 Å². The molecule has 1 saturated carbocycles. The Morgan fingerprint density at radius 3 is 2.67 bits per heavy atom. The number of hydrogen-bond donors (Lipinski definition) is 2. The number of pyridine rings is 2. The zero-order chi connectivity index (χ0) is 32.7. The van der Waals surface area contributed by atoms with Crippen LogP contribution in [-0.2, 0) is 36.4 Å². The van der Waals surface area contributed by atoms with Crippen molar-refractivity contribution in [2.24, 2.45) is 0 Å². The Morgan fingerprint density at radius 1 is 1.11 bits per heavy atom. The summed E-state index contributed by atoms with van der Waals surface area (Å²) in [6.45, 7) is 2.04. The van der Waals surface area contributed by atoms with Gasteiger partial charge in [-0.3, -0.25) is 24.2 Å². The summed E-state index contributed by atoms with van der Waals surface area (Å²) in [5.41, 5.74) is -2.68. The molecule has 5 rings (SSSR count). The summed E-state index contributed by atoms with van der Waals surface area (Å²) in [5, 5.41) is 21.5. The fourth-order valence-corrected chi connectivity index (χ4v) is 5.04. The molecule has 4 aromatic rings. The van der Waals surface area contributed by atoms with Gasteiger partial charge in [0, 0.05) is 37.3 Å². The molecule has 242 valence electrons. The molecule has 0 aromatic carbocycles. The molecule has 16 heteroatoms. The Hall–Kier alpha value is -4.52. The van der Waals surface area contributed by atoms with Crippen molar-refractivity contribution in [2.45, 2.75) is 76.0 Å². The van der Waals surface area contributed by atoms with Crippen molar-refractivity contribution in [2.75, 3.05) is 5.32 Å². The lowest BCUT2D eigenvalue weighted by Crippen LogP contribution is -2.44. The van der Waals surface area contributed by atoms with E-state index in [1.165, 1.54) is 33.8 Å². The van der Waals surface area contributed by atoms with Gasteiger partial charge in [-0.05, 0) is 62.1 Å². The van der Waals surface area contributed by atoms with Crippen LogP contribution in [-0.4, -0.2) is 58.7 Å². The molecule has 1 aliphatic carbocycles. The van der Waals surface area contributed by atoms with Gasteiger partial charge in [-0.2, -0.15) is 13.9 Å². The Kier molecular flexibility index (Phi) is 10.2. The predicted octanol–water partition coefficient (Wildman–Crippen LogP) is 4.19. The number of hydrogen-bond acceptors (Lipinski definition) is 9. The second-order valence-corrected chi connectivity index (χ2v) is 12.1. The highest BCUT2D eigenvalue weighted by atomic mass is 31.0. The summed E-state index contributed by atoms with van der Waals surface area (Å²) in [5.74, 6) is 0.0523. The number of nitrogens with zero attached hydrogens (tertiary/aromatic N) is 7. The number of anilines is 1. The van der Waals surface area contributed by atoms with E-state index in [4.69, 9.17) is 4.74 Å². The number of ether oxygens (including phenoxy) is 1. The first kappa shape index (κ1) is 32.9. The molecule has 1 unspecified atom stereocenters. The molecule has 12 nitrogen and oxygen atoms in total. The number of nitrogens with one attached hydrogen (secondary N) is 2. The minimum absolute atomic E-state index is 0.0337. The van der Waals surface area contributed by atoms with Crippen LogP contribution in [0, 0.1) is 0 Å².